The molecule has 24 heavy (non-hydrogen) atoms. The predicted octanol–water partition coefficient (Wildman–Crippen LogP) is 2.10. The molecule has 0 radical (unpaired) electrons. The zero-order chi connectivity index (χ0) is 17.1. The number of hydrogen-bond acceptors (Lipinski definition) is 3. The van der Waals surface area contributed by atoms with Crippen molar-refractivity contribution >= 4 is 27.5 Å². The molecule has 2 heterocycles. The van der Waals surface area contributed by atoms with E-state index in [1.165, 1.54) is 16.7 Å². The van der Waals surface area contributed by atoms with Crippen LogP contribution in [-0.2, 0) is 11.3 Å². The van der Waals surface area contributed by atoms with Crippen LogP contribution in [-0.4, -0.2) is 41.6 Å². The molecule has 0 N–H and O–H groups in total. The molecule has 1 amide bonds. The standard InChI is InChI=1S/C17H17BrFN3O2/c18-13-5-6-16(23)22(11-13)12-17(24)21-9-7-20(8-10-21)15-4-2-1-3-14(15)19/h1-6,11H,7-10,12H2. The lowest BCUT2D eigenvalue weighted by Crippen LogP contribution is -2.50. The van der Waals surface area contributed by atoms with Crippen molar-refractivity contribution in [3.05, 3.63) is 63.2 Å². The Hall–Kier alpha value is -2.15. The summed E-state index contributed by atoms with van der Waals surface area (Å²) in [6.45, 7) is 2.17. The first-order valence-electron chi connectivity index (χ1n) is 7.68. The summed E-state index contributed by atoms with van der Waals surface area (Å²) >= 11 is 3.30. The minimum absolute atomic E-state index is 0.0119. The molecular weight excluding hydrogens is 377 g/mol. The Morgan fingerprint density at radius 1 is 1.08 bits per heavy atom. The fraction of sp³-hybridized carbons (Fsp3) is 0.294. The van der Waals surface area contributed by atoms with Crippen LogP contribution >= 0.6 is 15.9 Å². The van der Waals surface area contributed by atoms with Crippen LogP contribution < -0.4 is 10.5 Å². The van der Waals surface area contributed by atoms with Gasteiger partial charge < -0.3 is 14.4 Å². The number of benzene rings is 1. The Bertz CT molecular complexity index is 800. The van der Waals surface area contributed by atoms with E-state index >= 15 is 0 Å². The minimum atomic E-state index is -0.252. The normalized spacial score (nSPS) is 14.8. The Labute approximate surface area is 147 Å². The average Bonchev–Trinajstić information content (AvgIpc) is 2.59. The molecule has 1 fully saturated rings. The lowest BCUT2D eigenvalue weighted by Gasteiger charge is -2.36. The minimum Gasteiger partial charge on any atom is -0.366 e. The van der Waals surface area contributed by atoms with Crippen LogP contribution in [0.5, 0.6) is 0 Å². The summed E-state index contributed by atoms with van der Waals surface area (Å²) in [7, 11) is 0. The van der Waals surface area contributed by atoms with Gasteiger partial charge in [-0.2, -0.15) is 0 Å². The zero-order valence-electron chi connectivity index (χ0n) is 13.0. The van der Waals surface area contributed by atoms with Crippen LogP contribution in [0.25, 0.3) is 0 Å². The first-order chi connectivity index (χ1) is 11.5. The molecule has 1 aliphatic rings. The molecule has 5 nitrogen and oxygen atoms in total. The van der Waals surface area contributed by atoms with Gasteiger partial charge >= 0.3 is 0 Å². The number of halogens is 2. The third-order valence-electron chi connectivity index (χ3n) is 4.08. The number of aromatic nitrogens is 1. The van der Waals surface area contributed by atoms with Crippen LogP contribution in [0.1, 0.15) is 0 Å². The molecule has 1 aliphatic heterocycles. The smallest absolute Gasteiger partial charge is 0.251 e. The van der Waals surface area contributed by atoms with Gasteiger partial charge in [0.25, 0.3) is 5.56 Å². The van der Waals surface area contributed by atoms with Crippen LogP contribution in [0.4, 0.5) is 10.1 Å². The van der Waals surface area contributed by atoms with Crippen molar-refractivity contribution in [3.8, 4) is 0 Å². The van der Waals surface area contributed by atoms with Crippen LogP contribution in [0.3, 0.4) is 0 Å². The van der Waals surface area contributed by atoms with Crippen molar-refractivity contribution in [1.82, 2.24) is 9.47 Å². The van der Waals surface area contributed by atoms with E-state index < -0.39 is 0 Å². The van der Waals surface area contributed by atoms with Gasteiger partial charge in [0.2, 0.25) is 5.91 Å². The van der Waals surface area contributed by atoms with Gasteiger partial charge in [0.1, 0.15) is 12.4 Å². The lowest BCUT2D eigenvalue weighted by atomic mass is 10.2. The van der Waals surface area contributed by atoms with Crippen LogP contribution in [0.2, 0.25) is 0 Å². The topological polar surface area (TPSA) is 45.6 Å². The van der Waals surface area contributed by atoms with E-state index in [0.717, 1.165) is 4.47 Å². The van der Waals surface area contributed by atoms with Crippen molar-refractivity contribution in [1.29, 1.82) is 0 Å². The fourth-order valence-corrected chi connectivity index (χ4v) is 3.16. The summed E-state index contributed by atoms with van der Waals surface area (Å²) in [5.41, 5.74) is 0.351. The molecule has 1 aromatic carbocycles. The summed E-state index contributed by atoms with van der Waals surface area (Å²) in [4.78, 5) is 27.8. The molecule has 0 atom stereocenters. The van der Waals surface area contributed by atoms with Gasteiger partial charge in [-0.15, -0.1) is 0 Å². The molecule has 1 saturated heterocycles. The molecule has 0 bridgehead atoms. The van der Waals surface area contributed by atoms with E-state index in [1.807, 2.05) is 4.90 Å². The third-order valence-corrected chi connectivity index (χ3v) is 4.55. The maximum absolute atomic E-state index is 13.8. The number of piperazine rings is 1. The second-order valence-electron chi connectivity index (χ2n) is 5.63. The van der Waals surface area contributed by atoms with Crippen molar-refractivity contribution in [2.45, 2.75) is 6.54 Å². The highest BCUT2D eigenvalue weighted by atomic mass is 79.9. The molecule has 0 spiro atoms. The molecule has 1 aromatic heterocycles. The van der Waals surface area contributed by atoms with Crippen LogP contribution in [0.15, 0.2) is 51.9 Å². The van der Waals surface area contributed by atoms with Gasteiger partial charge in [0.15, 0.2) is 0 Å². The van der Waals surface area contributed by atoms with E-state index in [2.05, 4.69) is 15.9 Å². The number of pyridine rings is 1. The predicted molar refractivity (Wildman–Crippen MR) is 93.6 cm³/mol. The number of carbonyl (C=O) groups is 1. The maximum atomic E-state index is 13.8. The van der Waals surface area contributed by atoms with Crippen molar-refractivity contribution in [2.24, 2.45) is 0 Å². The van der Waals surface area contributed by atoms with E-state index in [0.29, 0.717) is 31.9 Å². The molecule has 0 saturated carbocycles. The van der Waals surface area contributed by atoms with E-state index in [-0.39, 0.29) is 23.8 Å². The molecule has 2 aromatic rings. The summed E-state index contributed by atoms with van der Waals surface area (Å²) in [6.07, 6.45) is 1.61. The monoisotopic (exact) mass is 393 g/mol. The number of para-hydroxylation sites is 1. The molecule has 126 valence electrons. The Morgan fingerprint density at radius 2 is 1.79 bits per heavy atom. The first-order valence-corrected chi connectivity index (χ1v) is 8.47. The number of amides is 1. The van der Waals surface area contributed by atoms with Gasteiger partial charge in [0, 0.05) is 42.9 Å². The van der Waals surface area contributed by atoms with Gasteiger partial charge in [0.05, 0.1) is 5.69 Å². The van der Waals surface area contributed by atoms with E-state index in [4.69, 9.17) is 0 Å². The zero-order valence-corrected chi connectivity index (χ0v) is 14.6. The van der Waals surface area contributed by atoms with Gasteiger partial charge in [-0.05, 0) is 34.1 Å². The van der Waals surface area contributed by atoms with Gasteiger partial charge in [-0.25, -0.2) is 4.39 Å². The molecule has 0 unspecified atom stereocenters. The highest BCUT2D eigenvalue weighted by Gasteiger charge is 2.22. The van der Waals surface area contributed by atoms with Crippen LogP contribution in [0, 0.1) is 5.82 Å². The molecule has 3 rings (SSSR count). The third kappa shape index (κ3) is 3.67. The Kier molecular flexibility index (Phi) is 4.99. The number of hydrogen-bond donors (Lipinski definition) is 0. The fourth-order valence-electron chi connectivity index (χ4n) is 2.78. The SMILES string of the molecule is O=C(Cn1cc(Br)ccc1=O)N1CCN(c2ccccc2F)CC1. The van der Waals surface area contributed by atoms with Gasteiger partial charge in [-0.1, -0.05) is 12.1 Å². The van der Waals surface area contributed by atoms with Crippen molar-refractivity contribution in [3.63, 3.8) is 0 Å². The van der Waals surface area contributed by atoms with Crippen molar-refractivity contribution in [2.75, 3.05) is 31.1 Å². The first kappa shape index (κ1) is 16.7. The summed E-state index contributed by atoms with van der Waals surface area (Å²) in [5.74, 6) is -0.360. The van der Waals surface area contributed by atoms with E-state index in [9.17, 15) is 14.0 Å². The Morgan fingerprint density at radius 3 is 2.50 bits per heavy atom. The second-order valence-corrected chi connectivity index (χ2v) is 6.55. The maximum Gasteiger partial charge on any atom is 0.251 e. The molecule has 7 heteroatoms. The number of anilines is 1. The summed E-state index contributed by atoms with van der Waals surface area (Å²) < 4.78 is 16.0. The van der Waals surface area contributed by atoms with Gasteiger partial charge in [-0.3, -0.25) is 9.59 Å². The molecular formula is C17H17BrFN3O2. The number of nitrogens with zero attached hydrogens (tertiary/aromatic N) is 3. The summed E-state index contributed by atoms with van der Waals surface area (Å²) in [6, 6.07) is 9.72. The Balaban J connectivity index is 1.62. The largest absolute Gasteiger partial charge is 0.366 e. The number of rotatable bonds is 3. The highest BCUT2D eigenvalue weighted by Crippen LogP contribution is 2.20. The highest BCUT2D eigenvalue weighted by molar-refractivity contribution is 9.10. The quantitative estimate of drug-likeness (QED) is 0.801. The lowest BCUT2D eigenvalue weighted by molar-refractivity contribution is -0.132. The van der Waals surface area contributed by atoms with E-state index in [1.54, 1.807) is 35.4 Å². The molecule has 0 aliphatic carbocycles. The average molecular weight is 394 g/mol. The van der Waals surface area contributed by atoms with Crippen molar-refractivity contribution < 1.29 is 9.18 Å². The second kappa shape index (κ2) is 7.17. The summed E-state index contributed by atoms with van der Waals surface area (Å²) in [5, 5.41) is 0. The number of carbonyl (C=O) groups excluding carboxylic acids is 1.